The summed E-state index contributed by atoms with van der Waals surface area (Å²) in [7, 11) is 1.78. The maximum atomic E-state index is 11.8. The van der Waals surface area contributed by atoms with Crippen molar-refractivity contribution in [3.05, 3.63) is 12.2 Å². The third kappa shape index (κ3) is 2.71. The summed E-state index contributed by atoms with van der Waals surface area (Å²) in [6.45, 7) is 7.33. The van der Waals surface area contributed by atoms with Gasteiger partial charge in [-0.3, -0.25) is 9.36 Å². The molecule has 0 unspecified atom stereocenters. The number of anilines is 1. The standard InChI is InChI=1S/C13H19N5O2/c1-8-16-10(14-5)9-11(17-8)18(6-15-9)7-20-12(19)13(2,3)4/h6H,7H2,1-5H3,(H,14,16,17). The highest BCUT2D eigenvalue weighted by atomic mass is 16.5. The van der Waals surface area contributed by atoms with E-state index in [0.717, 1.165) is 0 Å². The average Bonchev–Trinajstić information content (AvgIpc) is 2.76. The number of esters is 1. The molecule has 7 heteroatoms. The summed E-state index contributed by atoms with van der Waals surface area (Å²) in [6, 6.07) is 0. The van der Waals surface area contributed by atoms with Gasteiger partial charge in [-0.25, -0.2) is 15.0 Å². The summed E-state index contributed by atoms with van der Waals surface area (Å²) in [5, 5.41) is 2.98. The number of carbonyl (C=O) groups excluding carboxylic acids is 1. The van der Waals surface area contributed by atoms with Crippen molar-refractivity contribution in [1.29, 1.82) is 0 Å². The van der Waals surface area contributed by atoms with Crippen molar-refractivity contribution < 1.29 is 9.53 Å². The minimum atomic E-state index is -0.530. The number of aryl methyl sites for hydroxylation is 1. The predicted octanol–water partition coefficient (Wildman–Crippen LogP) is 1.72. The zero-order valence-corrected chi connectivity index (χ0v) is 12.4. The number of carbonyl (C=O) groups is 1. The fourth-order valence-electron chi connectivity index (χ4n) is 1.67. The Hall–Kier alpha value is -2.18. The molecule has 0 aliphatic rings. The van der Waals surface area contributed by atoms with Crippen molar-refractivity contribution in [2.45, 2.75) is 34.4 Å². The molecule has 0 aromatic carbocycles. The lowest BCUT2D eigenvalue weighted by molar-refractivity contribution is -0.156. The molecule has 0 atom stereocenters. The van der Waals surface area contributed by atoms with Gasteiger partial charge in [0, 0.05) is 7.05 Å². The molecule has 7 nitrogen and oxygen atoms in total. The number of nitrogens with zero attached hydrogens (tertiary/aromatic N) is 4. The molecule has 108 valence electrons. The lowest BCUT2D eigenvalue weighted by Crippen LogP contribution is -2.24. The third-order valence-corrected chi connectivity index (χ3v) is 2.76. The van der Waals surface area contributed by atoms with Crippen LogP contribution in [0.5, 0.6) is 0 Å². The van der Waals surface area contributed by atoms with Gasteiger partial charge in [-0.15, -0.1) is 0 Å². The van der Waals surface area contributed by atoms with Crippen LogP contribution in [-0.4, -0.2) is 32.5 Å². The number of aromatic nitrogens is 4. The van der Waals surface area contributed by atoms with Gasteiger partial charge in [0.2, 0.25) is 0 Å². The maximum absolute atomic E-state index is 11.8. The number of nitrogens with one attached hydrogen (secondary N) is 1. The van der Waals surface area contributed by atoms with Gasteiger partial charge in [-0.05, 0) is 27.7 Å². The number of imidazole rings is 1. The molecule has 2 aromatic heterocycles. The van der Waals surface area contributed by atoms with E-state index in [0.29, 0.717) is 22.8 Å². The lowest BCUT2D eigenvalue weighted by atomic mass is 9.98. The molecule has 2 rings (SSSR count). The largest absolute Gasteiger partial charge is 0.443 e. The highest BCUT2D eigenvalue weighted by molar-refractivity contribution is 5.83. The minimum absolute atomic E-state index is 0.0895. The summed E-state index contributed by atoms with van der Waals surface area (Å²) in [5.74, 6) is 1.03. The monoisotopic (exact) mass is 277 g/mol. The van der Waals surface area contributed by atoms with Crippen LogP contribution in [0, 0.1) is 12.3 Å². The smallest absolute Gasteiger partial charge is 0.312 e. The SMILES string of the molecule is CNc1nc(C)nc2c1ncn2COC(=O)C(C)(C)C. The molecule has 0 fully saturated rings. The molecule has 20 heavy (non-hydrogen) atoms. The zero-order chi connectivity index (χ0) is 14.9. The van der Waals surface area contributed by atoms with E-state index in [1.165, 1.54) is 0 Å². The van der Waals surface area contributed by atoms with Crippen LogP contribution in [0.3, 0.4) is 0 Å². The minimum Gasteiger partial charge on any atom is -0.443 e. The second-order valence-corrected chi connectivity index (χ2v) is 5.57. The fourth-order valence-corrected chi connectivity index (χ4v) is 1.67. The first-order valence-corrected chi connectivity index (χ1v) is 6.37. The summed E-state index contributed by atoms with van der Waals surface area (Å²) < 4.78 is 6.96. The van der Waals surface area contributed by atoms with Crippen molar-refractivity contribution >= 4 is 23.0 Å². The van der Waals surface area contributed by atoms with E-state index in [9.17, 15) is 4.79 Å². The molecule has 2 heterocycles. The number of ether oxygens (including phenoxy) is 1. The van der Waals surface area contributed by atoms with Crippen molar-refractivity contribution in [2.75, 3.05) is 12.4 Å². The summed E-state index contributed by atoms with van der Waals surface area (Å²) in [4.78, 5) is 24.6. The molecule has 0 aliphatic heterocycles. The van der Waals surface area contributed by atoms with Gasteiger partial charge in [-0.2, -0.15) is 0 Å². The molecule has 1 N–H and O–H groups in total. The average molecular weight is 277 g/mol. The van der Waals surface area contributed by atoms with Crippen molar-refractivity contribution in [2.24, 2.45) is 5.41 Å². The molecule has 0 bridgehead atoms. The Labute approximate surface area is 117 Å². The van der Waals surface area contributed by atoms with Crippen LogP contribution in [0.2, 0.25) is 0 Å². The van der Waals surface area contributed by atoms with E-state index >= 15 is 0 Å². The van der Waals surface area contributed by atoms with Gasteiger partial charge in [0.25, 0.3) is 0 Å². The van der Waals surface area contributed by atoms with Crippen LogP contribution < -0.4 is 5.32 Å². The summed E-state index contributed by atoms with van der Waals surface area (Å²) in [6.07, 6.45) is 1.59. The second-order valence-electron chi connectivity index (χ2n) is 5.57. The molecule has 0 saturated heterocycles. The van der Waals surface area contributed by atoms with Crippen LogP contribution in [0.15, 0.2) is 6.33 Å². The number of fused-ring (bicyclic) bond motifs is 1. The first-order chi connectivity index (χ1) is 9.32. The van der Waals surface area contributed by atoms with Crippen LogP contribution in [0.25, 0.3) is 11.2 Å². The van der Waals surface area contributed by atoms with E-state index in [4.69, 9.17) is 4.74 Å². The topological polar surface area (TPSA) is 81.9 Å². The summed E-state index contributed by atoms with van der Waals surface area (Å²) >= 11 is 0. The number of hydrogen-bond acceptors (Lipinski definition) is 6. The lowest BCUT2D eigenvalue weighted by Gasteiger charge is -2.16. The molecule has 0 aliphatic carbocycles. The quantitative estimate of drug-likeness (QED) is 0.860. The van der Waals surface area contributed by atoms with Crippen LogP contribution in [0.4, 0.5) is 5.82 Å². The number of rotatable bonds is 3. The van der Waals surface area contributed by atoms with E-state index < -0.39 is 5.41 Å². The highest BCUT2D eigenvalue weighted by Crippen LogP contribution is 2.19. The Bertz CT molecular complexity index is 642. The Morgan fingerprint density at radius 3 is 2.70 bits per heavy atom. The van der Waals surface area contributed by atoms with Gasteiger partial charge in [0.05, 0.1) is 11.7 Å². The van der Waals surface area contributed by atoms with E-state index in [-0.39, 0.29) is 12.7 Å². The second kappa shape index (κ2) is 5.07. The Morgan fingerprint density at radius 1 is 1.40 bits per heavy atom. The summed E-state index contributed by atoms with van der Waals surface area (Å²) in [5.41, 5.74) is 0.769. The first-order valence-electron chi connectivity index (χ1n) is 6.37. The van der Waals surface area contributed by atoms with Crippen molar-refractivity contribution in [3.63, 3.8) is 0 Å². The Morgan fingerprint density at radius 2 is 2.10 bits per heavy atom. The van der Waals surface area contributed by atoms with E-state index in [1.807, 2.05) is 20.8 Å². The molecule has 0 amide bonds. The maximum Gasteiger partial charge on any atom is 0.312 e. The van der Waals surface area contributed by atoms with Gasteiger partial charge < -0.3 is 10.1 Å². The normalized spacial score (nSPS) is 11.7. The molecule has 0 radical (unpaired) electrons. The predicted molar refractivity (Wildman–Crippen MR) is 75.2 cm³/mol. The zero-order valence-electron chi connectivity index (χ0n) is 12.4. The van der Waals surface area contributed by atoms with Crippen LogP contribution in [-0.2, 0) is 16.3 Å². The van der Waals surface area contributed by atoms with Crippen LogP contribution >= 0.6 is 0 Å². The van der Waals surface area contributed by atoms with Gasteiger partial charge in [-0.1, -0.05) is 0 Å². The van der Waals surface area contributed by atoms with Gasteiger partial charge >= 0.3 is 5.97 Å². The molecule has 2 aromatic rings. The molecule has 0 spiro atoms. The molecule has 0 saturated carbocycles. The highest BCUT2D eigenvalue weighted by Gasteiger charge is 2.23. The third-order valence-electron chi connectivity index (χ3n) is 2.76. The Kier molecular flexibility index (Phi) is 3.61. The van der Waals surface area contributed by atoms with Gasteiger partial charge in [0.1, 0.15) is 5.82 Å². The van der Waals surface area contributed by atoms with Gasteiger partial charge in [0.15, 0.2) is 23.7 Å². The molecular formula is C13H19N5O2. The van der Waals surface area contributed by atoms with Crippen molar-refractivity contribution in [3.8, 4) is 0 Å². The number of hydrogen-bond donors (Lipinski definition) is 1. The Balaban J connectivity index is 2.28. The van der Waals surface area contributed by atoms with E-state index in [1.54, 1.807) is 24.9 Å². The fraction of sp³-hybridized carbons (Fsp3) is 0.538. The molecular weight excluding hydrogens is 258 g/mol. The van der Waals surface area contributed by atoms with E-state index in [2.05, 4.69) is 20.3 Å². The van der Waals surface area contributed by atoms with Crippen molar-refractivity contribution in [1.82, 2.24) is 19.5 Å². The first kappa shape index (κ1) is 14.2. The van der Waals surface area contributed by atoms with Crippen LogP contribution in [0.1, 0.15) is 26.6 Å².